The van der Waals surface area contributed by atoms with Crippen molar-refractivity contribution in [3.63, 3.8) is 0 Å². The Labute approximate surface area is 112 Å². The predicted molar refractivity (Wildman–Crippen MR) is 71.0 cm³/mol. The van der Waals surface area contributed by atoms with Crippen molar-refractivity contribution in [1.82, 2.24) is 15.0 Å². The molecule has 1 N–H and O–H groups in total. The Balaban J connectivity index is 1.86. The number of ether oxygens (including phenoxy) is 1. The fourth-order valence-corrected chi connectivity index (χ4v) is 2.12. The topological polar surface area (TPSA) is 59.9 Å². The van der Waals surface area contributed by atoms with Gasteiger partial charge in [-0.15, -0.1) is 0 Å². The van der Waals surface area contributed by atoms with Crippen molar-refractivity contribution in [3.05, 3.63) is 16.9 Å². The summed E-state index contributed by atoms with van der Waals surface area (Å²) in [6.07, 6.45) is 8.40. The van der Waals surface area contributed by atoms with Crippen molar-refractivity contribution in [3.8, 4) is 6.01 Å². The van der Waals surface area contributed by atoms with Gasteiger partial charge in [-0.2, -0.15) is 15.0 Å². The highest BCUT2D eigenvalue weighted by molar-refractivity contribution is 6.28. The molecule has 0 saturated carbocycles. The van der Waals surface area contributed by atoms with Crippen molar-refractivity contribution in [1.29, 1.82) is 0 Å². The Morgan fingerprint density at radius 2 is 2.22 bits per heavy atom. The van der Waals surface area contributed by atoms with E-state index in [0.717, 1.165) is 13.0 Å². The second-order valence-corrected chi connectivity index (χ2v) is 4.54. The molecular formula is C12H17ClN4O. The lowest BCUT2D eigenvalue weighted by Gasteiger charge is -2.12. The fourth-order valence-electron chi connectivity index (χ4n) is 1.97. The summed E-state index contributed by atoms with van der Waals surface area (Å²) in [7, 11) is 1.50. The van der Waals surface area contributed by atoms with Gasteiger partial charge in [-0.1, -0.05) is 11.6 Å². The highest BCUT2D eigenvalue weighted by Crippen LogP contribution is 2.20. The van der Waals surface area contributed by atoms with E-state index in [4.69, 9.17) is 16.3 Å². The number of allylic oxidation sites excluding steroid dienone is 1. The minimum absolute atomic E-state index is 0.140. The van der Waals surface area contributed by atoms with E-state index in [2.05, 4.69) is 26.3 Å². The monoisotopic (exact) mass is 268 g/mol. The summed E-state index contributed by atoms with van der Waals surface area (Å²) in [6, 6.07) is 0.231. The lowest BCUT2D eigenvalue weighted by molar-refractivity contribution is 0.379. The average molecular weight is 269 g/mol. The zero-order valence-corrected chi connectivity index (χ0v) is 11.2. The van der Waals surface area contributed by atoms with Crippen LogP contribution in [0.4, 0.5) is 5.95 Å². The summed E-state index contributed by atoms with van der Waals surface area (Å²) in [4.78, 5) is 11.9. The van der Waals surface area contributed by atoms with Crippen molar-refractivity contribution >= 4 is 17.5 Å². The van der Waals surface area contributed by atoms with Crippen molar-refractivity contribution < 1.29 is 4.74 Å². The zero-order valence-electron chi connectivity index (χ0n) is 10.4. The number of aromatic nitrogens is 3. The molecule has 0 spiro atoms. The second kappa shape index (κ2) is 6.54. The summed E-state index contributed by atoms with van der Waals surface area (Å²) in [5.74, 6) is 0.461. The largest absolute Gasteiger partial charge is 0.467 e. The Morgan fingerprint density at radius 1 is 1.33 bits per heavy atom. The molecule has 18 heavy (non-hydrogen) atoms. The number of methoxy groups -OCH3 is 1. The summed E-state index contributed by atoms with van der Waals surface area (Å²) in [5.41, 5.74) is 1.51. The molecule has 0 aromatic carbocycles. The van der Waals surface area contributed by atoms with Gasteiger partial charge in [0.1, 0.15) is 0 Å². The van der Waals surface area contributed by atoms with E-state index in [1.54, 1.807) is 0 Å². The lowest BCUT2D eigenvalue weighted by Crippen LogP contribution is -2.08. The summed E-state index contributed by atoms with van der Waals surface area (Å²) in [5, 5.41) is 3.28. The van der Waals surface area contributed by atoms with Crippen LogP contribution in [-0.4, -0.2) is 28.6 Å². The van der Waals surface area contributed by atoms with Crippen LogP contribution in [0.1, 0.15) is 32.1 Å². The number of hydrogen-bond acceptors (Lipinski definition) is 5. The van der Waals surface area contributed by atoms with Crippen molar-refractivity contribution in [2.75, 3.05) is 19.0 Å². The summed E-state index contributed by atoms with van der Waals surface area (Å²) in [6.45, 7) is 0.801. The highest BCUT2D eigenvalue weighted by atomic mass is 35.5. The standard InChI is InChI=1S/C12H17ClN4O/c1-18-12-16-10(13)15-11(17-12)14-8-7-9-5-3-2-4-6-9/h5H,2-4,6-8H2,1H3,(H,14,15,16,17). The van der Waals surface area contributed by atoms with Gasteiger partial charge in [-0.3, -0.25) is 0 Å². The number of nitrogens with one attached hydrogen (secondary N) is 1. The van der Waals surface area contributed by atoms with E-state index < -0.39 is 0 Å². The molecule has 0 aliphatic heterocycles. The van der Waals surface area contributed by atoms with Gasteiger partial charge in [0.05, 0.1) is 7.11 Å². The smallest absolute Gasteiger partial charge is 0.322 e. The molecule has 0 unspecified atom stereocenters. The molecule has 0 saturated heterocycles. The van der Waals surface area contributed by atoms with Crippen LogP contribution in [0, 0.1) is 0 Å². The molecular weight excluding hydrogens is 252 g/mol. The number of hydrogen-bond donors (Lipinski definition) is 1. The first kappa shape index (κ1) is 13.1. The molecule has 1 aliphatic rings. The van der Waals surface area contributed by atoms with E-state index in [9.17, 15) is 0 Å². The van der Waals surface area contributed by atoms with Gasteiger partial charge in [0, 0.05) is 6.54 Å². The normalized spacial score (nSPS) is 15.1. The van der Waals surface area contributed by atoms with Crippen LogP contribution in [0.15, 0.2) is 11.6 Å². The first-order valence-electron chi connectivity index (χ1n) is 6.15. The summed E-state index contributed by atoms with van der Waals surface area (Å²) < 4.78 is 4.93. The SMILES string of the molecule is COc1nc(Cl)nc(NCCC2=CCCCC2)n1. The number of halogens is 1. The lowest BCUT2D eigenvalue weighted by atomic mass is 9.97. The van der Waals surface area contributed by atoms with Crippen molar-refractivity contribution in [2.24, 2.45) is 0 Å². The third-order valence-electron chi connectivity index (χ3n) is 2.88. The van der Waals surface area contributed by atoms with E-state index in [1.807, 2.05) is 0 Å². The molecule has 0 amide bonds. The highest BCUT2D eigenvalue weighted by Gasteiger charge is 2.06. The first-order valence-corrected chi connectivity index (χ1v) is 6.53. The molecule has 0 atom stereocenters. The van der Waals surface area contributed by atoms with Gasteiger partial charge in [-0.25, -0.2) is 0 Å². The minimum atomic E-state index is 0.140. The maximum absolute atomic E-state index is 5.76. The Hall–Kier alpha value is -1.36. The molecule has 0 fully saturated rings. The van der Waals surface area contributed by atoms with Crippen LogP contribution >= 0.6 is 11.6 Å². The van der Waals surface area contributed by atoms with Crippen LogP contribution < -0.4 is 10.1 Å². The maximum atomic E-state index is 5.76. The quantitative estimate of drug-likeness (QED) is 0.832. The van der Waals surface area contributed by atoms with Crippen LogP contribution in [0.25, 0.3) is 0 Å². The molecule has 5 nitrogen and oxygen atoms in total. The van der Waals surface area contributed by atoms with Crippen LogP contribution in [-0.2, 0) is 0 Å². The van der Waals surface area contributed by atoms with E-state index in [1.165, 1.54) is 38.4 Å². The minimum Gasteiger partial charge on any atom is -0.467 e. The number of nitrogens with zero attached hydrogens (tertiary/aromatic N) is 3. The third-order valence-corrected chi connectivity index (χ3v) is 3.05. The summed E-state index contributed by atoms with van der Waals surface area (Å²) >= 11 is 5.76. The fraction of sp³-hybridized carbons (Fsp3) is 0.583. The van der Waals surface area contributed by atoms with Gasteiger partial charge in [0.2, 0.25) is 11.2 Å². The molecule has 1 aromatic heterocycles. The Bertz CT molecular complexity index is 436. The molecule has 1 aliphatic carbocycles. The maximum Gasteiger partial charge on any atom is 0.322 e. The van der Waals surface area contributed by atoms with Crippen LogP contribution in [0.2, 0.25) is 5.28 Å². The molecule has 0 radical (unpaired) electrons. The average Bonchev–Trinajstić information content (AvgIpc) is 2.39. The second-order valence-electron chi connectivity index (χ2n) is 4.20. The van der Waals surface area contributed by atoms with Gasteiger partial charge >= 0.3 is 6.01 Å². The molecule has 6 heteroatoms. The Kier molecular flexibility index (Phi) is 4.75. The molecule has 2 rings (SSSR count). The van der Waals surface area contributed by atoms with Crippen LogP contribution in [0.5, 0.6) is 6.01 Å². The van der Waals surface area contributed by atoms with E-state index >= 15 is 0 Å². The van der Waals surface area contributed by atoms with E-state index in [-0.39, 0.29) is 11.3 Å². The van der Waals surface area contributed by atoms with E-state index in [0.29, 0.717) is 5.95 Å². The molecule has 0 bridgehead atoms. The zero-order chi connectivity index (χ0) is 12.8. The number of rotatable bonds is 5. The van der Waals surface area contributed by atoms with Gasteiger partial charge in [-0.05, 0) is 43.7 Å². The molecule has 98 valence electrons. The number of anilines is 1. The van der Waals surface area contributed by atoms with Gasteiger partial charge < -0.3 is 10.1 Å². The molecule has 1 aromatic rings. The Morgan fingerprint density at radius 3 is 2.94 bits per heavy atom. The first-order chi connectivity index (χ1) is 8.78. The predicted octanol–water partition coefficient (Wildman–Crippen LogP) is 2.84. The third kappa shape index (κ3) is 3.84. The molecule has 1 heterocycles. The van der Waals surface area contributed by atoms with Gasteiger partial charge in [0.25, 0.3) is 0 Å². The van der Waals surface area contributed by atoms with Crippen molar-refractivity contribution in [2.45, 2.75) is 32.1 Å². The van der Waals surface area contributed by atoms with Gasteiger partial charge in [0.15, 0.2) is 0 Å². The van der Waals surface area contributed by atoms with Crippen LogP contribution in [0.3, 0.4) is 0 Å².